The number of hydrogen-bond donors (Lipinski definition) is 0. The molecule has 0 atom stereocenters. The third-order valence-electron chi connectivity index (χ3n) is 1.63. The first-order valence-corrected chi connectivity index (χ1v) is 6.55. The van der Waals surface area contributed by atoms with Gasteiger partial charge in [-0.2, -0.15) is 17.6 Å². The van der Waals surface area contributed by atoms with Gasteiger partial charge in [0.1, 0.15) is 0 Å². The first-order valence-electron chi connectivity index (χ1n) is 3.46. The average Bonchev–Trinajstić information content (AvgIpc) is 2.15. The Hall–Kier alpha value is 1.76. The second-order valence-corrected chi connectivity index (χ2v) is 7.36. The van der Waals surface area contributed by atoms with Gasteiger partial charge in [0.2, 0.25) is 0 Å². The van der Waals surface area contributed by atoms with Gasteiger partial charge in [-0.25, -0.2) is 0 Å². The lowest BCUT2D eigenvalue weighted by molar-refractivity contribution is -0.320. The second-order valence-electron chi connectivity index (χ2n) is 2.85. The molecule has 2 nitrogen and oxygen atoms in total. The van der Waals surface area contributed by atoms with Crippen LogP contribution in [0.15, 0.2) is 0 Å². The van der Waals surface area contributed by atoms with Gasteiger partial charge in [-0.3, -0.25) is 9.47 Å². The fourth-order valence-electron chi connectivity index (χ4n) is 0.893. The molecule has 1 aliphatic rings. The minimum absolute atomic E-state index is 1.67. The van der Waals surface area contributed by atoms with E-state index in [0.717, 1.165) is 0 Å². The predicted octanol–water partition coefficient (Wildman–Crippen LogP) is 4.97. The minimum Gasteiger partial charge on any atom is -0.297 e. The summed E-state index contributed by atoms with van der Waals surface area (Å²) in [6, 6.07) is 0. The van der Waals surface area contributed by atoms with E-state index in [-0.39, 0.29) is 0 Å². The summed E-state index contributed by atoms with van der Waals surface area (Å²) in [5.41, 5.74) is 0. The van der Waals surface area contributed by atoms with Crippen LogP contribution < -0.4 is 0 Å². The number of halogens is 10. The van der Waals surface area contributed by atoms with Crippen molar-refractivity contribution < 1.29 is 27.0 Å². The fourth-order valence-corrected chi connectivity index (χ4v) is 2.57. The Morgan fingerprint density at radius 3 is 1.12 bits per heavy atom. The number of alkyl halides is 10. The highest BCUT2D eigenvalue weighted by Gasteiger charge is 2.81. The molecule has 12 heteroatoms. The van der Waals surface area contributed by atoms with E-state index >= 15 is 0 Å². The van der Waals surface area contributed by atoms with Crippen LogP contribution in [-0.2, 0) is 9.47 Å². The largest absolute Gasteiger partial charge is 0.361 e. The SMILES string of the molecule is FC(F)(Br)C1(C(F)(F)Br)OC(Cl)(Cl)C(Cl)(Cl)O1. The van der Waals surface area contributed by atoms with Crippen molar-refractivity contribution in [2.24, 2.45) is 0 Å². The molecule has 0 radical (unpaired) electrons. The maximum absolute atomic E-state index is 13.2. The molecule has 0 spiro atoms. The van der Waals surface area contributed by atoms with Crippen molar-refractivity contribution in [3.05, 3.63) is 0 Å². The Bertz CT molecular complexity index is 297. The van der Waals surface area contributed by atoms with Crippen molar-refractivity contribution in [2.75, 3.05) is 0 Å². The molecule has 0 aromatic heterocycles. The topological polar surface area (TPSA) is 18.5 Å². The van der Waals surface area contributed by atoms with E-state index in [1.165, 1.54) is 0 Å². The fraction of sp³-hybridized carbons (Fsp3) is 1.00. The lowest BCUT2D eigenvalue weighted by Crippen LogP contribution is -2.57. The van der Waals surface area contributed by atoms with Crippen LogP contribution in [0.4, 0.5) is 17.6 Å². The van der Waals surface area contributed by atoms with Crippen molar-refractivity contribution in [2.45, 2.75) is 24.5 Å². The maximum Gasteiger partial charge on any atom is 0.361 e. The molecule has 0 unspecified atom stereocenters. The smallest absolute Gasteiger partial charge is 0.297 e. The zero-order chi connectivity index (χ0) is 13.9. The first-order chi connectivity index (χ1) is 7.16. The Balaban J connectivity index is 3.34. The molecular weight excluding hydrogens is 470 g/mol. The summed E-state index contributed by atoms with van der Waals surface area (Å²) in [6.45, 7) is 0. The Morgan fingerprint density at radius 2 is 1.00 bits per heavy atom. The van der Waals surface area contributed by atoms with Gasteiger partial charge in [0.25, 0.3) is 9.04 Å². The summed E-state index contributed by atoms with van der Waals surface area (Å²) >= 11 is 24.6. The maximum atomic E-state index is 13.2. The summed E-state index contributed by atoms with van der Waals surface area (Å²) in [4.78, 5) is -8.79. The summed E-state index contributed by atoms with van der Waals surface area (Å²) < 4.78 is 55.4. The molecule has 1 heterocycles. The highest BCUT2D eigenvalue weighted by molar-refractivity contribution is 9.10. The molecule has 0 aromatic carbocycles. The number of hydrogen-bond acceptors (Lipinski definition) is 2. The Labute approximate surface area is 129 Å². The third-order valence-corrected chi connectivity index (χ3v) is 4.43. The molecule has 102 valence electrons. The number of ether oxygens (including phenoxy) is 2. The Morgan fingerprint density at radius 1 is 0.765 bits per heavy atom. The van der Waals surface area contributed by atoms with Crippen LogP contribution in [0.2, 0.25) is 0 Å². The van der Waals surface area contributed by atoms with Gasteiger partial charge in [0.05, 0.1) is 0 Å². The summed E-state index contributed by atoms with van der Waals surface area (Å²) in [6.07, 6.45) is 0. The zero-order valence-corrected chi connectivity index (χ0v) is 13.3. The van der Waals surface area contributed by atoms with Gasteiger partial charge >= 0.3 is 15.5 Å². The van der Waals surface area contributed by atoms with Crippen molar-refractivity contribution in [1.82, 2.24) is 0 Å². The highest BCUT2D eigenvalue weighted by atomic mass is 79.9. The molecule has 0 saturated carbocycles. The van der Waals surface area contributed by atoms with Crippen LogP contribution in [-0.4, -0.2) is 24.5 Å². The quantitative estimate of drug-likeness (QED) is 0.420. The van der Waals surface area contributed by atoms with Gasteiger partial charge < -0.3 is 0 Å². The molecule has 0 bridgehead atoms. The molecule has 0 aliphatic carbocycles. The minimum atomic E-state index is -4.40. The lowest BCUT2D eigenvalue weighted by Gasteiger charge is -2.34. The van der Waals surface area contributed by atoms with E-state index in [2.05, 4.69) is 9.47 Å². The van der Waals surface area contributed by atoms with Gasteiger partial charge in [-0.05, 0) is 31.9 Å². The summed E-state index contributed by atoms with van der Waals surface area (Å²) in [5, 5.41) is 0. The van der Waals surface area contributed by atoms with E-state index in [0.29, 0.717) is 0 Å². The normalized spacial score (nSPS) is 27.2. The third kappa shape index (κ3) is 2.66. The monoisotopic (exact) mass is 466 g/mol. The average molecular weight is 470 g/mol. The molecule has 1 fully saturated rings. The first kappa shape index (κ1) is 16.8. The van der Waals surface area contributed by atoms with Gasteiger partial charge in [-0.1, -0.05) is 46.4 Å². The van der Waals surface area contributed by atoms with Crippen molar-refractivity contribution in [1.29, 1.82) is 0 Å². The van der Waals surface area contributed by atoms with Crippen LogP contribution in [0.5, 0.6) is 0 Å². The molecule has 0 N–H and O–H groups in total. The summed E-state index contributed by atoms with van der Waals surface area (Å²) in [5.74, 6) is -3.92. The Kier molecular flexibility index (Phi) is 4.33. The van der Waals surface area contributed by atoms with Crippen molar-refractivity contribution in [3.63, 3.8) is 0 Å². The lowest BCUT2D eigenvalue weighted by atomic mass is 10.3. The number of rotatable bonds is 2. The van der Waals surface area contributed by atoms with Gasteiger partial charge in [0.15, 0.2) is 0 Å². The molecule has 0 amide bonds. The van der Waals surface area contributed by atoms with Crippen molar-refractivity contribution >= 4 is 78.3 Å². The van der Waals surface area contributed by atoms with E-state index in [9.17, 15) is 17.6 Å². The van der Waals surface area contributed by atoms with Crippen LogP contribution >= 0.6 is 78.3 Å². The molecule has 1 rings (SSSR count). The molecule has 0 aromatic rings. The molecule has 1 aliphatic heterocycles. The molecular formula is C5Br2Cl4F4O2. The van der Waals surface area contributed by atoms with Gasteiger partial charge in [0, 0.05) is 0 Å². The van der Waals surface area contributed by atoms with Crippen LogP contribution in [0.3, 0.4) is 0 Å². The second kappa shape index (κ2) is 4.38. The standard InChI is InChI=1S/C5Br2Cl4F4O2/c6-2(12,13)1(3(7,14)15)16-4(8,9)5(10,11)17-1. The van der Waals surface area contributed by atoms with Crippen LogP contribution in [0.1, 0.15) is 0 Å². The zero-order valence-electron chi connectivity index (χ0n) is 7.10. The van der Waals surface area contributed by atoms with Gasteiger partial charge in [-0.15, -0.1) is 0 Å². The van der Waals surface area contributed by atoms with Crippen LogP contribution in [0.25, 0.3) is 0 Å². The molecule has 1 saturated heterocycles. The van der Waals surface area contributed by atoms with E-state index < -0.39 is 24.5 Å². The summed E-state index contributed by atoms with van der Waals surface area (Å²) in [7, 11) is 0. The predicted molar refractivity (Wildman–Crippen MR) is 61.5 cm³/mol. The highest BCUT2D eigenvalue weighted by Crippen LogP contribution is 2.64. The van der Waals surface area contributed by atoms with E-state index in [4.69, 9.17) is 46.4 Å². The van der Waals surface area contributed by atoms with E-state index in [1.54, 1.807) is 31.9 Å². The van der Waals surface area contributed by atoms with E-state index in [1.807, 2.05) is 0 Å². The van der Waals surface area contributed by atoms with Crippen molar-refractivity contribution in [3.8, 4) is 0 Å². The van der Waals surface area contributed by atoms with Crippen LogP contribution in [0, 0.1) is 0 Å². The molecule has 17 heavy (non-hydrogen) atoms.